The predicted molar refractivity (Wildman–Crippen MR) is 77.9 cm³/mol. The molecule has 1 aliphatic rings. The Morgan fingerprint density at radius 3 is 3.05 bits per heavy atom. The fourth-order valence-electron chi connectivity index (χ4n) is 2.81. The van der Waals surface area contributed by atoms with Crippen molar-refractivity contribution >= 4 is 34.2 Å². The van der Waals surface area contributed by atoms with Gasteiger partial charge in [0.15, 0.2) is 0 Å². The van der Waals surface area contributed by atoms with Crippen LogP contribution in [0.5, 0.6) is 0 Å². The molecule has 2 atom stereocenters. The van der Waals surface area contributed by atoms with Crippen molar-refractivity contribution in [3.05, 3.63) is 29.0 Å². The third-order valence-corrected chi connectivity index (χ3v) is 4.37. The van der Waals surface area contributed by atoms with E-state index in [9.17, 15) is 0 Å². The van der Waals surface area contributed by atoms with Crippen LogP contribution in [0.3, 0.4) is 0 Å². The van der Waals surface area contributed by atoms with Crippen LogP contribution in [0.4, 0.5) is 0 Å². The van der Waals surface area contributed by atoms with E-state index >= 15 is 0 Å². The Balaban J connectivity index is 2.09. The van der Waals surface area contributed by atoms with Gasteiger partial charge in [0.05, 0.1) is 23.5 Å². The Labute approximate surface area is 122 Å². The number of hydrogen-bond acceptors (Lipinski definition) is 2. The van der Waals surface area contributed by atoms with Crippen molar-refractivity contribution in [1.82, 2.24) is 9.55 Å². The minimum Gasteiger partial charge on any atom is -0.381 e. The van der Waals surface area contributed by atoms with Crippen LogP contribution in [0.15, 0.2) is 18.2 Å². The molecule has 19 heavy (non-hydrogen) atoms. The van der Waals surface area contributed by atoms with E-state index in [0.29, 0.717) is 22.9 Å². The van der Waals surface area contributed by atoms with Crippen LogP contribution in [0.1, 0.15) is 25.2 Å². The minimum atomic E-state index is 0.336. The lowest BCUT2D eigenvalue weighted by molar-refractivity contribution is 0.175. The van der Waals surface area contributed by atoms with Crippen molar-refractivity contribution in [3.8, 4) is 0 Å². The predicted octanol–water partition coefficient (Wildman–Crippen LogP) is 4.03. The number of hydrogen-bond donors (Lipinski definition) is 0. The molecule has 0 saturated carbocycles. The molecule has 3 rings (SSSR count). The van der Waals surface area contributed by atoms with Crippen molar-refractivity contribution in [2.75, 3.05) is 13.2 Å². The van der Waals surface area contributed by atoms with Crippen LogP contribution in [0.2, 0.25) is 5.02 Å². The zero-order chi connectivity index (χ0) is 13.4. The van der Waals surface area contributed by atoms with Gasteiger partial charge in [-0.1, -0.05) is 11.6 Å². The summed E-state index contributed by atoms with van der Waals surface area (Å²) >= 11 is 12.1. The van der Waals surface area contributed by atoms with Crippen LogP contribution >= 0.6 is 23.2 Å². The Kier molecular flexibility index (Phi) is 3.70. The first kappa shape index (κ1) is 13.2. The topological polar surface area (TPSA) is 27.1 Å². The maximum absolute atomic E-state index is 6.05. The SMILES string of the molecule is CC(C1CCOC1)n1c(CCl)nc2cc(Cl)ccc21. The minimum absolute atomic E-state index is 0.336. The molecule has 0 N–H and O–H groups in total. The summed E-state index contributed by atoms with van der Waals surface area (Å²) in [6.45, 7) is 3.88. The van der Waals surface area contributed by atoms with Gasteiger partial charge in [0.25, 0.3) is 0 Å². The molecule has 0 bridgehead atoms. The lowest BCUT2D eigenvalue weighted by Gasteiger charge is -2.22. The van der Waals surface area contributed by atoms with E-state index in [0.717, 1.165) is 36.5 Å². The Morgan fingerprint density at radius 1 is 1.53 bits per heavy atom. The zero-order valence-corrected chi connectivity index (χ0v) is 12.3. The number of alkyl halides is 1. The van der Waals surface area contributed by atoms with Crippen LogP contribution < -0.4 is 0 Å². The van der Waals surface area contributed by atoms with Gasteiger partial charge in [-0.25, -0.2) is 4.98 Å². The van der Waals surface area contributed by atoms with Gasteiger partial charge in [-0.05, 0) is 31.5 Å². The Morgan fingerprint density at radius 2 is 2.37 bits per heavy atom. The van der Waals surface area contributed by atoms with E-state index in [1.54, 1.807) is 0 Å². The molecule has 1 fully saturated rings. The molecule has 0 spiro atoms. The monoisotopic (exact) mass is 298 g/mol. The average Bonchev–Trinajstić information content (AvgIpc) is 3.04. The number of imidazole rings is 1. The molecule has 1 aliphatic heterocycles. The van der Waals surface area contributed by atoms with Crippen molar-refractivity contribution < 1.29 is 4.74 Å². The number of fused-ring (bicyclic) bond motifs is 1. The molecule has 1 aromatic heterocycles. The highest BCUT2D eigenvalue weighted by molar-refractivity contribution is 6.31. The van der Waals surface area contributed by atoms with Crippen LogP contribution in [-0.2, 0) is 10.6 Å². The quantitative estimate of drug-likeness (QED) is 0.800. The maximum Gasteiger partial charge on any atom is 0.125 e. The number of ether oxygens (including phenoxy) is 1. The molecule has 0 amide bonds. The summed E-state index contributed by atoms with van der Waals surface area (Å²) in [6, 6.07) is 6.15. The first-order chi connectivity index (χ1) is 9.20. The molecule has 2 unspecified atom stereocenters. The van der Waals surface area contributed by atoms with E-state index in [4.69, 9.17) is 27.9 Å². The van der Waals surface area contributed by atoms with Crippen molar-refractivity contribution in [3.63, 3.8) is 0 Å². The summed E-state index contributed by atoms with van der Waals surface area (Å²) in [5.41, 5.74) is 2.01. The van der Waals surface area contributed by atoms with E-state index in [2.05, 4.69) is 16.5 Å². The van der Waals surface area contributed by atoms with Gasteiger partial charge in [0, 0.05) is 23.6 Å². The maximum atomic E-state index is 6.05. The van der Waals surface area contributed by atoms with E-state index in [1.165, 1.54) is 0 Å². The van der Waals surface area contributed by atoms with Gasteiger partial charge in [-0.2, -0.15) is 0 Å². The van der Waals surface area contributed by atoms with Gasteiger partial charge in [-0.15, -0.1) is 11.6 Å². The fourth-order valence-corrected chi connectivity index (χ4v) is 3.17. The smallest absolute Gasteiger partial charge is 0.125 e. The fraction of sp³-hybridized carbons (Fsp3) is 0.500. The molecule has 1 aromatic carbocycles. The molecule has 5 heteroatoms. The number of aromatic nitrogens is 2. The molecule has 2 heterocycles. The van der Waals surface area contributed by atoms with Gasteiger partial charge in [0.1, 0.15) is 5.82 Å². The Bertz CT molecular complexity index is 590. The van der Waals surface area contributed by atoms with Gasteiger partial charge in [0.2, 0.25) is 0 Å². The highest BCUT2D eigenvalue weighted by atomic mass is 35.5. The van der Waals surface area contributed by atoms with Crippen LogP contribution in [0, 0.1) is 5.92 Å². The van der Waals surface area contributed by atoms with Crippen LogP contribution in [0.25, 0.3) is 11.0 Å². The molecule has 102 valence electrons. The van der Waals surface area contributed by atoms with Crippen LogP contribution in [-0.4, -0.2) is 22.8 Å². The number of rotatable bonds is 3. The number of benzene rings is 1. The zero-order valence-electron chi connectivity index (χ0n) is 10.8. The lowest BCUT2D eigenvalue weighted by atomic mass is 10.0. The normalized spacial score (nSPS) is 21.1. The highest BCUT2D eigenvalue weighted by Crippen LogP contribution is 2.32. The number of halogens is 2. The second-order valence-electron chi connectivity index (χ2n) is 5.03. The molecule has 3 nitrogen and oxygen atoms in total. The molecule has 2 aromatic rings. The first-order valence-electron chi connectivity index (χ1n) is 6.50. The number of nitrogens with zero attached hydrogens (tertiary/aromatic N) is 2. The van der Waals surface area contributed by atoms with Gasteiger partial charge >= 0.3 is 0 Å². The lowest BCUT2D eigenvalue weighted by Crippen LogP contribution is -2.18. The first-order valence-corrected chi connectivity index (χ1v) is 7.42. The summed E-state index contributed by atoms with van der Waals surface area (Å²) in [4.78, 5) is 4.59. The van der Waals surface area contributed by atoms with E-state index < -0.39 is 0 Å². The van der Waals surface area contributed by atoms with Gasteiger partial charge < -0.3 is 9.30 Å². The Hall–Kier alpha value is -0.770. The second-order valence-corrected chi connectivity index (χ2v) is 5.73. The average molecular weight is 299 g/mol. The summed E-state index contributed by atoms with van der Waals surface area (Å²) in [6.07, 6.45) is 1.09. The summed E-state index contributed by atoms with van der Waals surface area (Å²) in [5, 5.41) is 0.704. The molecular formula is C14H16Cl2N2O. The third kappa shape index (κ3) is 2.35. The summed E-state index contributed by atoms with van der Waals surface area (Å²) < 4.78 is 7.73. The van der Waals surface area contributed by atoms with Crippen molar-refractivity contribution in [1.29, 1.82) is 0 Å². The molecular weight excluding hydrogens is 283 g/mol. The van der Waals surface area contributed by atoms with Crippen molar-refractivity contribution in [2.45, 2.75) is 25.3 Å². The molecule has 0 aliphatic carbocycles. The van der Waals surface area contributed by atoms with E-state index in [1.807, 2.05) is 18.2 Å². The molecule has 1 saturated heterocycles. The summed E-state index contributed by atoms with van der Waals surface area (Å²) in [5.74, 6) is 1.83. The summed E-state index contributed by atoms with van der Waals surface area (Å²) in [7, 11) is 0. The van der Waals surface area contributed by atoms with Crippen molar-refractivity contribution in [2.24, 2.45) is 5.92 Å². The largest absolute Gasteiger partial charge is 0.381 e. The van der Waals surface area contributed by atoms with E-state index in [-0.39, 0.29) is 0 Å². The molecule has 0 radical (unpaired) electrons. The second kappa shape index (κ2) is 5.31. The third-order valence-electron chi connectivity index (χ3n) is 3.90. The standard InChI is InChI=1S/C14H16Cl2N2O/c1-9(10-4-5-19-8-10)18-13-3-2-11(16)6-12(13)17-14(18)7-15/h2-3,6,9-10H,4-5,7-8H2,1H3. The van der Waals surface area contributed by atoms with Gasteiger partial charge in [-0.3, -0.25) is 0 Å². The highest BCUT2D eigenvalue weighted by Gasteiger charge is 2.26.